The maximum atomic E-state index is 11.9. The van der Waals surface area contributed by atoms with E-state index in [1.54, 1.807) is 6.20 Å². The summed E-state index contributed by atoms with van der Waals surface area (Å²) in [4.78, 5) is 17.8. The van der Waals surface area contributed by atoms with Crippen LogP contribution in [0.1, 0.15) is 29.6 Å². The molecule has 1 aliphatic heterocycles. The molecule has 1 unspecified atom stereocenters. The number of aromatic nitrogens is 1. The minimum Gasteiger partial charge on any atom is -0.336 e. The van der Waals surface area contributed by atoms with Crippen molar-refractivity contribution in [3.05, 3.63) is 16.6 Å². The quantitative estimate of drug-likeness (QED) is 0.710. The molecule has 4 heteroatoms. The summed E-state index contributed by atoms with van der Waals surface area (Å²) in [6, 6.07) is 0. The Morgan fingerprint density at radius 3 is 3.21 bits per heavy atom. The molecule has 0 aromatic carbocycles. The Morgan fingerprint density at radius 1 is 1.71 bits per heavy atom. The highest BCUT2D eigenvalue weighted by Crippen LogP contribution is 2.18. The molecule has 1 saturated heterocycles. The van der Waals surface area contributed by atoms with E-state index in [2.05, 4.69) is 11.9 Å². The highest BCUT2D eigenvalue weighted by atomic mass is 32.1. The van der Waals surface area contributed by atoms with Crippen molar-refractivity contribution in [3.63, 3.8) is 0 Å². The van der Waals surface area contributed by atoms with Crippen LogP contribution in [0.2, 0.25) is 0 Å². The molecule has 2 rings (SSSR count). The summed E-state index contributed by atoms with van der Waals surface area (Å²) in [6.07, 6.45) is 4.05. The van der Waals surface area contributed by atoms with E-state index in [1.807, 2.05) is 10.3 Å². The maximum Gasteiger partial charge on any atom is 0.282 e. The third-order valence-electron chi connectivity index (χ3n) is 2.56. The van der Waals surface area contributed by atoms with Crippen LogP contribution in [-0.2, 0) is 0 Å². The molecule has 1 aliphatic rings. The second-order valence-corrected chi connectivity index (χ2v) is 4.73. The Bertz CT molecular complexity index is 310. The zero-order chi connectivity index (χ0) is 9.97. The SMILES string of the molecule is CC1CCCN(C(=O)c2nccs2)C1. The van der Waals surface area contributed by atoms with Crippen molar-refractivity contribution in [2.24, 2.45) is 5.92 Å². The fourth-order valence-corrected chi connectivity index (χ4v) is 2.44. The Kier molecular flexibility index (Phi) is 2.82. The number of amides is 1. The number of hydrogen-bond acceptors (Lipinski definition) is 3. The number of carbonyl (C=O) groups excluding carboxylic acids is 1. The van der Waals surface area contributed by atoms with E-state index in [9.17, 15) is 4.79 Å². The van der Waals surface area contributed by atoms with E-state index < -0.39 is 0 Å². The van der Waals surface area contributed by atoms with Gasteiger partial charge in [-0.25, -0.2) is 4.98 Å². The minimum absolute atomic E-state index is 0.103. The monoisotopic (exact) mass is 210 g/mol. The van der Waals surface area contributed by atoms with Crippen LogP contribution in [0, 0.1) is 5.92 Å². The van der Waals surface area contributed by atoms with Crippen LogP contribution >= 0.6 is 11.3 Å². The number of thiazole rings is 1. The van der Waals surface area contributed by atoms with Gasteiger partial charge in [-0.2, -0.15) is 0 Å². The molecule has 0 bridgehead atoms. The summed E-state index contributed by atoms with van der Waals surface area (Å²) in [7, 11) is 0. The van der Waals surface area contributed by atoms with E-state index in [4.69, 9.17) is 0 Å². The Balaban J connectivity index is 2.04. The van der Waals surface area contributed by atoms with E-state index in [0.29, 0.717) is 10.9 Å². The number of nitrogens with zero attached hydrogens (tertiary/aromatic N) is 2. The molecule has 2 heterocycles. The predicted octanol–water partition coefficient (Wildman–Crippen LogP) is 2.02. The van der Waals surface area contributed by atoms with Crippen molar-refractivity contribution in [2.45, 2.75) is 19.8 Å². The van der Waals surface area contributed by atoms with Gasteiger partial charge in [0, 0.05) is 24.7 Å². The van der Waals surface area contributed by atoms with Crippen LogP contribution < -0.4 is 0 Å². The largest absolute Gasteiger partial charge is 0.336 e. The Labute approximate surface area is 87.8 Å². The van der Waals surface area contributed by atoms with E-state index >= 15 is 0 Å². The molecular formula is C10H14N2OS. The lowest BCUT2D eigenvalue weighted by atomic mass is 10.0. The molecule has 1 aromatic rings. The lowest BCUT2D eigenvalue weighted by Crippen LogP contribution is -2.39. The van der Waals surface area contributed by atoms with Crippen LogP contribution in [0.15, 0.2) is 11.6 Å². The molecule has 0 radical (unpaired) electrons. The van der Waals surface area contributed by atoms with Crippen LogP contribution in [-0.4, -0.2) is 28.9 Å². The number of carbonyl (C=O) groups is 1. The van der Waals surface area contributed by atoms with Crippen LogP contribution in [0.25, 0.3) is 0 Å². The zero-order valence-corrected chi connectivity index (χ0v) is 9.09. The lowest BCUT2D eigenvalue weighted by Gasteiger charge is -2.30. The zero-order valence-electron chi connectivity index (χ0n) is 8.27. The normalized spacial score (nSPS) is 22.4. The molecule has 0 N–H and O–H groups in total. The molecule has 0 aliphatic carbocycles. The van der Waals surface area contributed by atoms with Gasteiger partial charge in [0.05, 0.1) is 0 Å². The second kappa shape index (κ2) is 4.09. The van der Waals surface area contributed by atoms with Crippen LogP contribution in [0.3, 0.4) is 0 Å². The van der Waals surface area contributed by atoms with Gasteiger partial charge in [0.1, 0.15) is 0 Å². The van der Waals surface area contributed by atoms with Crippen LogP contribution in [0.4, 0.5) is 0 Å². The topological polar surface area (TPSA) is 33.2 Å². The standard InChI is InChI=1S/C10H14N2OS/c1-8-3-2-5-12(7-8)10(13)9-11-4-6-14-9/h4,6,8H,2-3,5,7H2,1H3. The van der Waals surface area contributed by atoms with Gasteiger partial charge in [0.25, 0.3) is 5.91 Å². The molecule has 1 aromatic heterocycles. The van der Waals surface area contributed by atoms with Crippen molar-refractivity contribution in [3.8, 4) is 0 Å². The first-order chi connectivity index (χ1) is 6.77. The van der Waals surface area contributed by atoms with E-state index in [1.165, 1.54) is 17.8 Å². The molecule has 0 saturated carbocycles. The summed E-state index contributed by atoms with van der Waals surface area (Å²) in [5, 5.41) is 2.47. The summed E-state index contributed by atoms with van der Waals surface area (Å²) in [5.41, 5.74) is 0. The highest BCUT2D eigenvalue weighted by molar-refractivity contribution is 7.11. The molecular weight excluding hydrogens is 196 g/mol. The predicted molar refractivity (Wildman–Crippen MR) is 56.4 cm³/mol. The molecule has 1 fully saturated rings. The van der Waals surface area contributed by atoms with Crippen molar-refractivity contribution in [1.82, 2.24) is 9.88 Å². The van der Waals surface area contributed by atoms with Gasteiger partial charge < -0.3 is 4.90 Å². The van der Waals surface area contributed by atoms with Gasteiger partial charge in [-0.05, 0) is 18.8 Å². The molecule has 3 nitrogen and oxygen atoms in total. The number of likely N-dealkylation sites (tertiary alicyclic amines) is 1. The lowest BCUT2D eigenvalue weighted by molar-refractivity contribution is 0.0682. The van der Waals surface area contributed by atoms with Gasteiger partial charge in [-0.3, -0.25) is 4.79 Å². The third-order valence-corrected chi connectivity index (χ3v) is 3.32. The van der Waals surface area contributed by atoms with Crippen molar-refractivity contribution < 1.29 is 4.79 Å². The van der Waals surface area contributed by atoms with Crippen molar-refractivity contribution in [1.29, 1.82) is 0 Å². The van der Waals surface area contributed by atoms with E-state index in [-0.39, 0.29) is 5.91 Å². The van der Waals surface area contributed by atoms with Gasteiger partial charge in [0.2, 0.25) is 0 Å². The third kappa shape index (κ3) is 1.95. The van der Waals surface area contributed by atoms with Gasteiger partial charge in [-0.1, -0.05) is 6.92 Å². The molecule has 76 valence electrons. The number of hydrogen-bond donors (Lipinski definition) is 0. The summed E-state index contributed by atoms with van der Waals surface area (Å²) < 4.78 is 0. The van der Waals surface area contributed by atoms with E-state index in [0.717, 1.165) is 19.5 Å². The molecule has 1 atom stereocenters. The first-order valence-electron chi connectivity index (χ1n) is 4.96. The summed E-state index contributed by atoms with van der Waals surface area (Å²) in [6.45, 7) is 3.97. The summed E-state index contributed by atoms with van der Waals surface area (Å²) in [5.74, 6) is 0.735. The van der Waals surface area contributed by atoms with Gasteiger partial charge in [0.15, 0.2) is 5.01 Å². The maximum absolute atomic E-state index is 11.9. The molecule has 14 heavy (non-hydrogen) atoms. The molecule has 1 amide bonds. The average molecular weight is 210 g/mol. The smallest absolute Gasteiger partial charge is 0.282 e. The first kappa shape index (κ1) is 9.65. The Hall–Kier alpha value is -0.900. The van der Waals surface area contributed by atoms with Crippen molar-refractivity contribution in [2.75, 3.05) is 13.1 Å². The van der Waals surface area contributed by atoms with Gasteiger partial charge in [-0.15, -0.1) is 11.3 Å². The van der Waals surface area contributed by atoms with Crippen molar-refractivity contribution >= 4 is 17.2 Å². The Morgan fingerprint density at radius 2 is 2.57 bits per heavy atom. The number of rotatable bonds is 1. The first-order valence-corrected chi connectivity index (χ1v) is 5.84. The second-order valence-electron chi connectivity index (χ2n) is 3.84. The van der Waals surface area contributed by atoms with Crippen LogP contribution in [0.5, 0.6) is 0 Å². The van der Waals surface area contributed by atoms with Gasteiger partial charge >= 0.3 is 0 Å². The molecule has 0 spiro atoms. The summed E-state index contributed by atoms with van der Waals surface area (Å²) >= 11 is 1.42. The minimum atomic E-state index is 0.103. The fourth-order valence-electron chi connectivity index (χ4n) is 1.84. The average Bonchev–Trinajstić information content (AvgIpc) is 2.69. The number of piperidine rings is 1. The fraction of sp³-hybridized carbons (Fsp3) is 0.600. The highest BCUT2D eigenvalue weighted by Gasteiger charge is 2.23.